The van der Waals surface area contributed by atoms with Crippen LogP contribution in [0.4, 0.5) is 4.39 Å². The summed E-state index contributed by atoms with van der Waals surface area (Å²) in [7, 11) is -3.42. The number of hydrogen-bond acceptors (Lipinski definition) is 12. The summed E-state index contributed by atoms with van der Waals surface area (Å²) in [6, 6.07) is 17.8. The number of likely N-dealkylation sites (tertiary alicyclic amines) is 1. The predicted molar refractivity (Wildman–Crippen MR) is 273 cm³/mol. The Kier molecular flexibility index (Phi) is 14.3. The van der Waals surface area contributed by atoms with Crippen molar-refractivity contribution in [2.24, 2.45) is 12.5 Å². The monoisotopic (exact) mass is 1070 g/mol. The van der Waals surface area contributed by atoms with E-state index >= 15 is 0 Å². The molecule has 0 spiro atoms. The molecular formula is C52H60FN8O12PS. The van der Waals surface area contributed by atoms with E-state index in [1.54, 1.807) is 37.6 Å². The quantitative estimate of drug-likeness (QED) is 0.0968. The molecule has 8 heterocycles. The smallest absolute Gasteiger partial charge is 0.363 e. The zero-order valence-electron chi connectivity index (χ0n) is 41.9. The number of piperidine rings is 2. The second-order valence-electron chi connectivity index (χ2n) is 21.3. The minimum Gasteiger partial charge on any atom is -0.370 e. The van der Waals surface area contributed by atoms with E-state index < -0.39 is 67.0 Å². The van der Waals surface area contributed by atoms with Crippen LogP contribution in [0.3, 0.4) is 0 Å². The van der Waals surface area contributed by atoms with Crippen LogP contribution in [0.5, 0.6) is 0 Å². The Hall–Kier alpha value is -6.13. The number of imidazole rings is 1. The van der Waals surface area contributed by atoms with Gasteiger partial charge in [0.05, 0.1) is 35.2 Å². The molecule has 20 nitrogen and oxygen atoms in total. The van der Waals surface area contributed by atoms with E-state index in [4.69, 9.17) is 9.47 Å². The van der Waals surface area contributed by atoms with Gasteiger partial charge < -0.3 is 39.3 Å². The number of carbonyl (C=O) groups excluding carboxylic acids is 6. The van der Waals surface area contributed by atoms with E-state index in [1.165, 1.54) is 38.3 Å². The molecule has 0 radical (unpaired) electrons. The van der Waals surface area contributed by atoms with Gasteiger partial charge in [-0.2, -0.15) is 0 Å². The zero-order chi connectivity index (χ0) is 53.2. The summed E-state index contributed by atoms with van der Waals surface area (Å²) < 4.78 is 42.3. The lowest BCUT2D eigenvalue weighted by Crippen LogP contribution is -2.69. The molecule has 6 saturated heterocycles. The van der Waals surface area contributed by atoms with Crippen LogP contribution >= 0.6 is 18.9 Å². The first-order chi connectivity index (χ1) is 35.6. The van der Waals surface area contributed by atoms with Crippen LogP contribution < -0.4 is 16.3 Å². The molecule has 6 aliphatic rings. The molecule has 0 saturated carbocycles. The molecule has 3 aromatic carbocycles. The van der Waals surface area contributed by atoms with E-state index in [1.807, 2.05) is 48.5 Å². The molecule has 6 amide bonds. The number of nitrogens with one attached hydrogen (secondary N) is 2. The lowest BCUT2D eigenvalue weighted by Gasteiger charge is -2.56. The number of imide groups is 1. The van der Waals surface area contributed by atoms with Gasteiger partial charge in [0.15, 0.2) is 0 Å². The maximum absolute atomic E-state index is 15.0. The minimum atomic E-state index is -5.08. The number of morpholine rings is 1. The number of hydrogen-bond donors (Lipinski definition) is 4. The highest BCUT2D eigenvalue weighted by Gasteiger charge is 2.50. The van der Waals surface area contributed by atoms with Gasteiger partial charge in [-0.25, -0.2) is 9.18 Å². The van der Waals surface area contributed by atoms with Crippen molar-refractivity contribution in [3.8, 4) is 0 Å². The first-order valence-corrected chi connectivity index (χ1v) is 27.6. The molecule has 23 heteroatoms. The number of benzene rings is 3. The first kappa shape index (κ1) is 52.3. The maximum atomic E-state index is 15.0. The van der Waals surface area contributed by atoms with Crippen LogP contribution in [-0.2, 0) is 51.6 Å². The van der Waals surface area contributed by atoms with Gasteiger partial charge >= 0.3 is 13.3 Å². The molecule has 6 aliphatic heterocycles. The van der Waals surface area contributed by atoms with E-state index in [2.05, 4.69) is 15.5 Å². The molecule has 8 atom stereocenters. The van der Waals surface area contributed by atoms with E-state index in [0.29, 0.717) is 40.8 Å². The van der Waals surface area contributed by atoms with Crippen LogP contribution in [0.2, 0.25) is 0 Å². The highest BCUT2D eigenvalue weighted by molar-refractivity contribution is 7.51. The van der Waals surface area contributed by atoms with Crippen molar-refractivity contribution in [2.45, 2.75) is 101 Å². The predicted octanol–water partition coefficient (Wildman–Crippen LogP) is 3.89. The van der Waals surface area contributed by atoms with Gasteiger partial charge in [-0.3, -0.25) is 52.7 Å². The van der Waals surface area contributed by atoms with Crippen LogP contribution in [0, 0.1) is 5.41 Å². The van der Waals surface area contributed by atoms with Gasteiger partial charge in [-0.15, -0.1) is 11.3 Å². The molecule has 6 fully saturated rings. The number of carbonyl (C=O) groups is 6. The Balaban J connectivity index is 0.825. The van der Waals surface area contributed by atoms with E-state index in [0.717, 1.165) is 28.9 Å². The van der Waals surface area contributed by atoms with Crippen molar-refractivity contribution in [3.05, 3.63) is 105 Å². The third-order valence-corrected chi connectivity index (χ3v) is 17.3. The van der Waals surface area contributed by atoms with Crippen molar-refractivity contribution in [3.63, 3.8) is 0 Å². The van der Waals surface area contributed by atoms with E-state index in [-0.39, 0.29) is 98.0 Å². The van der Waals surface area contributed by atoms with Crippen molar-refractivity contribution in [1.82, 2.24) is 39.4 Å². The van der Waals surface area contributed by atoms with Crippen LogP contribution in [0.25, 0.3) is 21.1 Å². The number of alkyl halides is 1. The average molecular weight is 1070 g/mol. The van der Waals surface area contributed by atoms with Crippen molar-refractivity contribution in [2.75, 3.05) is 45.9 Å². The number of rotatable bonds is 13. The molecule has 5 aromatic rings. The Labute approximate surface area is 434 Å². The van der Waals surface area contributed by atoms with Gasteiger partial charge in [-0.1, -0.05) is 63.2 Å². The molecule has 2 bridgehead atoms. The standard InChI is InChI=1S/C52H60FN8O12PS/c1-52(2,3)45(55-48(65)41-22-32-21-31(11-14-40(32)75-41)46(53)74(69,70)71)50(67)59-17-16-38(44(59)49(66)57-18-19-72-39(27-57)30-8-6-5-7-9-30)73-28-43(63)58-25-33-23-34(26-58)60(33)24-29-10-12-35-37(20-29)56(4)51(68)61(35)36-13-15-42(62)54-47(36)64/h5-12,14,20-22,33-34,36,38-39,44-46H,13,15-19,23-28H2,1-4H3,(H,55,65)(H,54,62,64)(H2,69,70,71)/t33?,34?,36?,38-,39+,44+,45-,46-/m1/s1. The highest BCUT2D eigenvalue weighted by atomic mass is 32.1. The van der Waals surface area contributed by atoms with Crippen molar-refractivity contribution < 1.29 is 57.0 Å². The third kappa shape index (κ3) is 10.3. The number of aryl methyl sites for hydroxylation is 1. The summed E-state index contributed by atoms with van der Waals surface area (Å²) in [4.78, 5) is 122. The molecule has 2 aromatic heterocycles. The second-order valence-corrected chi connectivity index (χ2v) is 24.0. The van der Waals surface area contributed by atoms with E-state index in [9.17, 15) is 52.3 Å². The Bertz CT molecular complexity index is 3200. The van der Waals surface area contributed by atoms with Gasteiger partial charge in [-0.05, 0) is 77.1 Å². The van der Waals surface area contributed by atoms with Crippen molar-refractivity contribution in [1.29, 1.82) is 0 Å². The summed E-state index contributed by atoms with van der Waals surface area (Å²) >= 11 is 1.07. The lowest BCUT2D eigenvalue weighted by molar-refractivity contribution is -0.158. The summed E-state index contributed by atoms with van der Waals surface area (Å²) in [5.74, 6) is -5.14. The Morgan fingerprint density at radius 2 is 1.68 bits per heavy atom. The molecular weight excluding hydrogens is 1010 g/mol. The van der Waals surface area contributed by atoms with Gasteiger partial charge in [0, 0.05) is 63.0 Å². The van der Waals surface area contributed by atoms with Gasteiger partial charge in [0.1, 0.15) is 30.8 Å². The molecule has 398 valence electrons. The average Bonchev–Trinajstić information content (AvgIpc) is 4.09. The number of aromatic nitrogens is 2. The Morgan fingerprint density at radius 1 is 0.933 bits per heavy atom. The summed E-state index contributed by atoms with van der Waals surface area (Å²) in [6.45, 7) is 7.34. The number of fused-ring (bicyclic) bond motifs is 4. The van der Waals surface area contributed by atoms with Gasteiger partial charge in [0.2, 0.25) is 35.4 Å². The maximum Gasteiger partial charge on any atom is 0.363 e. The molecule has 75 heavy (non-hydrogen) atoms. The van der Waals surface area contributed by atoms with Crippen LogP contribution in [-0.4, -0.2) is 150 Å². The molecule has 3 unspecified atom stereocenters. The number of ether oxygens (including phenoxy) is 2. The number of piperazine rings is 1. The first-order valence-electron chi connectivity index (χ1n) is 25.1. The lowest BCUT2D eigenvalue weighted by atomic mass is 9.85. The summed E-state index contributed by atoms with van der Waals surface area (Å²) in [5.41, 5.74) is 1.67. The van der Waals surface area contributed by atoms with Crippen LogP contribution in [0.1, 0.15) is 90.9 Å². The topological polar surface area (TPSA) is 242 Å². The number of amides is 6. The largest absolute Gasteiger partial charge is 0.370 e. The summed E-state index contributed by atoms with van der Waals surface area (Å²) in [5, 5.41) is 5.63. The number of halogens is 1. The number of nitrogens with zero attached hydrogens (tertiary/aromatic N) is 6. The minimum absolute atomic E-state index is 0.0676. The second kappa shape index (κ2) is 20.4. The Morgan fingerprint density at radius 3 is 2.39 bits per heavy atom. The fraction of sp³-hybridized carbons (Fsp3) is 0.481. The van der Waals surface area contributed by atoms with Gasteiger partial charge in [0.25, 0.3) is 5.91 Å². The zero-order valence-corrected chi connectivity index (χ0v) is 43.6. The van der Waals surface area contributed by atoms with Crippen LogP contribution in [0.15, 0.2) is 77.6 Å². The fourth-order valence-corrected chi connectivity index (χ4v) is 12.8. The SMILES string of the molecule is Cn1c(=O)n(C2CCC(=O)NC2=O)c2ccc(CN3C4CC3CN(C(=O)CO[C@@H]3CCN(C(=O)[C@@H](NC(=O)c5cc6cc([C@H](F)P(=O)(O)O)ccc6s5)C(C)(C)C)[C@@H]3C(=O)N3CCO[C@H](c5ccccc5)C3)C4)cc21. The normalized spacial score (nSPS) is 24.3. The highest BCUT2D eigenvalue weighted by Crippen LogP contribution is 2.53. The fourth-order valence-electron chi connectivity index (χ4n) is 11.3. The number of thiophene rings is 1. The summed E-state index contributed by atoms with van der Waals surface area (Å²) in [6.07, 6.45) is 0.232. The molecule has 0 aliphatic carbocycles. The third-order valence-electron chi connectivity index (χ3n) is 15.3. The van der Waals surface area contributed by atoms with Crippen molar-refractivity contribution >= 4 is 75.5 Å². The molecule has 11 rings (SSSR count). The molecule has 4 N–H and O–H groups in total.